The van der Waals surface area contributed by atoms with E-state index in [1.165, 1.54) is 0 Å². The van der Waals surface area contributed by atoms with Crippen LogP contribution in [-0.4, -0.2) is 26.1 Å². The lowest BCUT2D eigenvalue weighted by atomic mass is 9.81. The number of methoxy groups -OCH3 is 1. The van der Waals surface area contributed by atoms with Crippen LogP contribution in [0.5, 0.6) is 5.75 Å². The molecule has 0 atom stereocenters. The van der Waals surface area contributed by atoms with Crippen molar-refractivity contribution in [3.63, 3.8) is 0 Å². The molecule has 1 aromatic carbocycles. The number of nitrogens with two attached hydrogens (primary N) is 1. The highest BCUT2D eigenvalue weighted by molar-refractivity contribution is 6.31. The molecule has 0 unspecified atom stereocenters. The molecule has 1 aromatic rings. The Balaban J connectivity index is 2.59. The number of hydrogen-bond acceptors (Lipinski definition) is 3. The molecule has 5 heteroatoms. The lowest BCUT2D eigenvalue weighted by Crippen LogP contribution is -2.45. The van der Waals surface area contributed by atoms with Crippen LogP contribution in [0, 0.1) is 5.41 Å². The Labute approximate surface area is 132 Å². The molecule has 21 heavy (non-hydrogen) atoms. The predicted molar refractivity (Wildman–Crippen MR) is 86.8 cm³/mol. The van der Waals surface area contributed by atoms with E-state index in [0.717, 1.165) is 24.2 Å². The number of rotatable bonds is 8. The molecular formula is C16H25ClN2O2. The maximum absolute atomic E-state index is 12.3. The number of nitrogens with one attached hydrogen (secondary N) is 1. The van der Waals surface area contributed by atoms with Crippen LogP contribution in [0.3, 0.4) is 0 Å². The van der Waals surface area contributed by atoms with Gasteiger partial charge in [-0.1, -0.05) is 31.5 Å². The number of carbonyl (C=O) groups is 1. The standard InChI is InChI=1S/C16H25ClN2O2/c1-4-16(5-2,11-18)15(20)19-9-8-12-6-7-13(21-3)10-14(12)17/h6-7,10H,4-5,8-9,11,18H2,1-3H3,(H,19,20). The van der Waals surface area contributed by atoms with Crippen LogP contribution in [0.15, 0.2) is 18.2 Å². The lowest BCUT2D eigenvalue weighted by molar-refractivity contribution is -0.131. The van der Waals surface area contributed by atoms with Gasteiger partial charge < -0.3 is 15.8 Å². The van der Waals surface area contributed by atoms with Crippen molar-refractivity contribution >= 4 is 17.5 Å². The number of benzene rings is 1. The largest absolute Gasteiger partial charge is 0.497 e. The van der Waals surface area contributed by atoms with Gasteiger partial charge in [-0.25, -0.2) is 0 Å². The maximum Gasteiger partial charge on any atom is 0.227 e. The van der Waals surface area contributed by atoms with Gasteiger partial charge in [-0.2, -0.15) is 0 Å². The molecule has 0 saturated heterocycles. The van der Waals surface area contributed by atoms with Gasteiger partial charge in [-0.05, 0) is 37.0 Å². The minimum Gasteiger partial charge on any atom is -0.497 e. The molecule has 4 nitrogen and oxygen atoms in total. The highest BCUT2D eigenvalue weighted by atomic mass is 35.5. The zero-order valence-electron chi connectivity index (χ0n) is 13.0. The first kappa shape index (κ1) is 17.8. The second-order valence-electron chi connectivity index (χ2n) is 5.15. The van der Waals surface area contributed by atoms with E-state index < -0.39 is 5.41 Å². The second kappa shape index (κ2) is 8.25. The lowest BCUT2D eigenvalue weighted by Gasteiger charge is -2.28. The Kier molecular flexibility index (Phi) is 6.99. The van der Waals surface area contributed by atoms with E-state index in [0.29, 0.717) is 24.5 Å². The first-order chi connectivity index (χ1) is 10.0. The smallest absolute Gasteiger partial charge is 0.227 e. The summed E-state index contributed by atoms with van der Waals surface area (Å²) in [5.41, 5.74) is 6.31. The summed E-state index contributed by atoms with van der Waals surface area (Å²) in [5, 5.41) is 3.62. The first-order valence-corrected chi connectivity index (χ1v) is 7.71. The molecule has 0 aliphatic rings. The average Bonchev–Trinajstić information content (AvgIpc) is 2.51. The number of halogens is 1. The molecule has 0 aliphatic heterocycles. The van der Waals surface area contributed by atoms with Gasteiger partial charge in [0, 0.05) is 18.1 Å². The summed E-state index contributed by atoms with van der Waals surface area (Å²) in [7, 11) is 1.60. The van der Waals surface area contributed by atoms with Gasteiger partial charge in [0.05, 0.1) is 12.5 Å². The third kappa shape index (κ3) is 4.35. The molecule has 118 valence electrons. The van der Waals surface area contributed by atoms with Gasteiger partial charge in [-0.15, -0.1) is 0 Å². The van der Waals surface area contributed by atoms with E-state index in [4.69, 9.17) is 22.1 Å². The zero-order chi connectivity index (χ0) is 15.9. The highest BCUT2D eigenvalue weighted by Gasteiger charge is 2.32. The summed E-state index contributed by atoms with van der Waals surface area (Å²) in [5.74, 6) is 0.756. The quantitative estimate of drug-likeness (QED) is 0.776. The fourth-order valence-electron chi connectivity index (χ4n) is 2.31. The van der Waals surface area contributed by atoms with E-state index >= 15 is 0 Å². The summed E-state index contributed by atoms with van der Waals surface area (Å²) in [4.78, 5) is 12.3. The predicted octanol–water partition coefficient (Wildman–Crippen LogP) is 2.77. The van der Waals surface area contributed by atoms with Gasteiger partial charge >= 0.3 is 0 Å². The summed E-state index contributed by atoms with van der Waals surface area (Å²) < 4.78 is 5.11. The molecule has 1 rings (SSSR count). The van der Waals surface area contributed by atoms with Crippen molar-refractivity contribution in [2.24, 2.45) is 11.1 Å². The van der Waals surface area contributed by atoms with Gasteiger partial charge in [0.1, 0.15) is 5.75 Å². The van der Waals surface area contributed by atoms with Crippen LogP contribution in [-0.2, 0) is 11.2 Å². The van der Waals surface area contributed by atoms with Crippen molar-refractivity contribution in [2.45, 2.75) is 33.1 Å². The molecule has 0 radical (unpaired) electrons. The fourth-order valence-corrected chi connectivity index (χ4v) is 2.57. The van der Waals surface area contributed by atoms with E-state index in [2.05, 4.69) is 5.32 Å². The SMILES string of the molecule is CCC(CC)(CN)C(=O)NCCc1ccc(OC)cc1Cl. The topological polar surface area (TPSA) is 64.4 Å². The van der Waals surface area contributed by atoms with E-state index in [1.807, 2.05) is 26.0 Å². The van der Waals surface area contributed by atoms with Crippen LogP contribution >= 0.6 is 11.6 Å². The molecular weight excluding hydrogens is 288 g/mol. The van der Waals surface area contributed by atoms with E-state index in [9.17, 15) is 4.79 Å². The van der Waals surface area contributed by atoms with Crippen LogP contribution in [0.25, 0.3) is 0 Å². The Morgan fingerprint density at radius 3 is 2.52 bits per heavy atom. The Hall–Kier alpha value is -1.26. The zero-order valence-corrected chi connectivity index (χ0v) is 13.8. The molecule has 1 amide bonds. The minimum absolute atomic E-state index is 0.0274. The number of ether oxygens (including phenoxy) is 1. The third-order valence-corrected chi connectivity index (χ3v) is 4.52. The van der Waals surface area contributed by atoms with Gasteiger partial charge in [-0.3, -0.25) is 4.79 Å². The van der Waals surface area contributed by atoms with Crippen molar-refractivity contribution in [1.82, 2.24) is 5.32 Å². The molecule has 0 aliphatic carbocycles. The molecule has 0 spiro atoms. The van der Waals surface area contributed by atoms with Crippen molar-refractivity contribution < 1.29 is 9.53 Å². The van der Waals surface area contributed by atoms with Gasteiger partial charge in [0.25, 0.3) is 0 Å². The summed E-state index contributed by atoms with van der Waals surface area (Å²) in [6.45, 7) is 4.91. The first-order valence-electron chi connectivity index (χ1n) is 7.33. The summed E-state index contributed by atoms with van der Waals surface area (Å²) >= 11 is 6.18. The average molecular weight is 313 g/mol. The van der Waals surface area contributed by atoms with Gasteiger partial charge in [0.2, 0.25) is 5.91 Å². The molecule has 0 aromatic heterocycles. The van der Waals surface area contributed by atoms with Crippen LogP contribution in [0.4, 0.5) is 0 Å². The minimum atomic E-state index is -0.455. The van der Waals surface area contributed by atoms with Crippen molar-refractivity contribution in [2.75, 3.05) is 20.2 Å². The van der Waals surface area contributed by atoms with Crippen LogP contribution in [0.1, 0.15) is 32.3 Å². The summed E-state index contributed by atoms with van der Waals surface area (Å²) in [6, 6.07) is 5.56. The Morgan fingerprint density at radius 1 is 1.38 bits per heavy atom. The van der Waals surface area contributed by atoms with E-state index in [1.54, 1.807) is 13.2 Å². The third-order valence-electron chi connectivity index (χ3n) is 4.17. The number of carbonyl (C=O) groups excluding carboxylic acids is 1. The second-order valence-corrected chi connectivity index (χ2v) is 5.56. The molecule has 3 N–H and O–H groups in total. The van der Waals surface area contributed by atoms with Crippen molar-refractivity contribution in [3.8, 4) is 5.75 Å². The number of hydrogen-bond donors (Lipinski definition) is 2. The Bertz CT molecular complexity index is 465. The normalized spacial score (nSPS) is 11.3. The summed E-state index contributed by atoms with van der Waals surface area (Å²) in [6.07, 6.45) is 2.17. The monoisotopic (exact) mass is 312 g/mol. The fraction of sp³-hybridized carbons (Fsp3) is 0.562. The van der Waals surface area contributed by atoms with Crippen LogP contribution in [0.2, 0.25) is 5.02 Å². The Morgan fingerprint density at radius 2 is 2.05 bits per heavy atom. The molecule has 0 fully saturated rings. The maximum atomic E-state index is 12.3. The van der Waals surface area contributed by atoms with E-state index in [-0.39, 0.29) is 5.91 Å². The van der Waals surface area contributed by atoms with Crippen LogP contribution < -0.4 is 15.8 Å². The molecule has 0 saturated carbocycles. The van der Waals surface area contributed by atoms with Crippen molar-refractivity contribution in [3.05, 3.63) is 28.8 Å². The number of amides is 1. The molecule has 0 heterocycles. The van der Waals surface area contributed by atoms with Crippen molar-refractivity contribution in [1.29, 1.82) is 0 Å². The molecule has 0 bridgehead atoms. The van der Waals surface area contributed by atoms with Gasteiger partial charge in [0.15, 0.2) is 0 Å². The highest BCUT2D eigenvalue weighted by Crippen LogP contribution is 2.25.